The molecule has 3 aliphatic rings. The van der Waals surface area contributed by atoms with Crippen LogP contribution in [0.2, 0.25) is 0 Å². The van der Waals surface area contributed by atoms with Gasteiger partial charge in [-0.2, -0.15) is 0 Å². The minimum absolute atomic E-state index is 0.0212. The van der Waals surface area contributed by atoms with E-state index in [9.17, 15) is 0 Å². The minimum Gasteiger partial charge on any atom is -0.115 e. The molecule has 0 aliphatic heterocycles. The lowest BCUT2D eigenvalue weighted by Crippen LogP contribution is -2.40. The lowest BCUT2D eigenvalue weighted by molar-refractivity contribution is 0.269. The number of terminal acetylenes is 1. The van der Waals surface area contributed by atoms with Crippen molar-refractivity contribution in [2.75, 3.05) is 0 Å². The fourth-order valence-corrected chi connectivity index (χ4v) is 5.68. The van der Waals surface area contributed by atoms with Crippen molar-refractivity contribution >= 4 is 0 Å². The molecule has 0 amide bonds. The maximum Gasteiger partial charge on any atom is 0.0352 e. The first-order valence-electron chi connectivity index (χ1n) is 9.61. The Bertz CT molecular complexity index is 1050. The third kappa shape index (κ3) is 1.95. The summed E-state index contributed by atoms with van der Waals surface area (Å²) in [5.41, 5.74) is 8.61. The average molecular weight is 346 g/mol. The van der Waals surface area contributed by atoms with Gasteiger partial charge in [-0.25, -0.2) is 0 Å². The van der Waals surface area contributed by atoms with Gasteiger partial charge in [0.1, 0.15) is 0 Å². The van der Waals surface area contributed by atoms with Crippen LogP contribution in [0, 0.1) is 17.8 Å². The molecule has 2 aromatic rings. The average Bonchev–Trinajstić information content (AvgIpc) is 3.14. The van der Waals surface area contributed by atoms with Gasteiger partial charge < -0.3 is 0 Å². The van der Waals surface area contributed by atoms with Gasteiger partial charge >= 0.3 is 0 Å². The lowest BCUT2D eigenvalue weighted by atomic mass is 9.58. The van der Waals surface area contributed by atoms with Gasteiger partial charge in [0.15, 0.2) is 0 Å². The first-order chi connectivity index (χ1) is 13.2. The van der Waals surface area contributed by atoms with Crippen LogP contribution in [0.5, 0.6) is 0 Å². The highest BCUT2D eigenvalue weighted by atomic mass is 14.6. The van der Waals surface area contributed by atoms with E-state index in [1.165, 1.54) is 33.4 Å². The van der Waals surface area contributed by atoms with Crippen molar-refractivity contribution in [3.05, 3.63) is 107 Å². The largest absolute Gasteiger partial charge is 0.115 e. The molecule has 2 aromatic carbocycles. The third-order valence-electron chi connectivity index (χ3n) is 6.82. The molecule has 3 aliphatic carbocycles. The van der Waals surface area contributed by atoms with E-state index in [-0.39, 0.29) is 10.8 Å². The maximum atomic E-state index is 5.42. The quantitative estimate of drug-likeness (QED) is 0.527. The van der Waals surface area contributed by atoms with Crippen molar-refractivity contribution in [3.8, 4) is 23.5 Å². The number of hydrogen-bond donors (Lipinski definition) is 0. The molecule has 5 rings (SSSR count). The van der Waals surface area contributed by atoms with E-state index in [1.54, 1.807) is 6.08 Å². The fraction of sp³-hybridized carbons (Fsp3) is 0.185. The standard InChI is InChI=1S/C27H22/c1-3-4-5-12-20-19-27(26(2)18-11-10-15-23(20)26)24-16-8-6-13-21(24)22-14-7-9-17-25(22)27/h1,4-17H,18-19H2,2H3/b5-4-,20-12+. The van der Waals surface area contributed by atoms with Crippen LogP contribution in [0.1, 0.15) is 30.9 Å². The van der Waals surface area contributed by atoms with Crippen LogP contribution < -0.4 is 0 Å². The van der Waals surface area contributed by atoms with Gasteiger partial charge in [0.25, 0.3) is 0 Å². The molecule has 0 saturated heterocycles. The Balaban J connectivity index is 1.83. The van der Waals surface area contributed by atoms with E-state index >= 15 is 0 Å². The Morgan fingerprint density at radius 2 is 1.67 bits per heavy atom. The summed E-state index contributed by atoms with van der Waals surface area (Å²) in [6, 6.07) is 18.0. The number of allylic oxidation sites excluding steroid dienone is 8. The topological polar surface area (TPSA) is 0 Å². The Kier molecular flexibility index (Phi) is 3.43. The molecule has 0 bridgehead atoms. The smallest absolute Gasteiger partial charge is 0.0352 e. The lowest BCUT2D eigenvalue weighted by Gasteiger charge is -2.44. The second-order valence-corrected chi connectivity index (χ2v) is 7.94. The van der Waals surface area contributed by atoms with E-state index in [4.69, 9.17) is 6.42 Å². The van der Waals surface area contributed by atoms with Crippen molar-refractivity contribution in [2.24, 2.45) is 5.41 Å². The second kappa shape index (κ2) is 5.73. The molecule has 0 N–H and O–H groups in total. The molecule has 1 unspecified atom stereocenters. The zero-order valence-electron chi connectivity index (χ0n) is 15.6. The van der Waals surface area contributed by atoms with Gasteiger partial charge in [-0.1, -0.05) is 91.8 Å². The van der Waals surface area contributed by atoms with Gasteiger partial charge in [-0.15, -0.1) is 6.42 Å². The molecule has 27 heavy (non-hydrogen) atoms. The molecule has 1 saturated carbocycles. The summed E-state index contributed by atoms with van der Waals surface area (Å²) in [5, 5.41) is 0. The van der Waals surface area contributed by atoms with Gasteiger partial charge in [0.2, 0.25) is 0 Å². The van der Waals surface area contributed by atoms with Gasteiger partial charge in [0, 0.05) is 10.8 Å². The van der Waals surface area contributed by atoms with E-state index in [1.807, 2.05) is 6.08 Å². The summed E-state index contributed by atoms with van der Waals surface area (Å²) in [5.74, 6) is 2.61. The van der Waals surface area contributed by atoms with Crippen LogP contribution >= 0.6 is 0 Å². The summed E-state index contributed by atoms with van der Waals surface area (Å²) in [4.78, 5) is 0. The van der Waals surface area contributed by atoms with Crippen molar-refractivity contribution in [1.82, 2.24) is 0 Å². The summed E-state index contributed by atoms with van der Waals surface area (Å²) in [6.07, 6.45) is 20.4. The van der Waals surface area contributed by atoms with Crippen LogP contribution in [0.4, 0.5) is 0 Å². The molecule has 0 aromatic heterocycles. The Morgan fingerprint density at radius 1 is 1.00 bits per heavy atom. The molecule has 0 heteroatoms. The summed E-state index contributed by atoms with van der Waals surface area (Å²) >= 11 is 0. The highest BCUT2D eigenvalue weighted by molar-refractivity contribution is 5.84. The number of rotatable bonds is 1. The van der Waals surface area contributed by atoms with E-state index < -0.39 is 0 Å². The van der Waals surface area contributed by atoms with Gasteiger partial charge in [-0.05, 0) is 52.3 Å². The fourth-order valence-electron chi connectivity index (χ4n) is 5.68. The van der Waals surface area contributed by atoms with Crippen LogP contribution in [0.3, 0.4) is 0 Å². The molecule has 1 spiro atoms. The van der Waals surface area contributed by atoms with Gasteiger partial charge in [-0.3, -0.25) is 0 Å². The SMILES string of the molecule is C#C/C=C\C=C1/CC2(c3ccccc3-c3ccccc32)C2(C)CC=CC=C12. The van der Waals surface area contributed by atoms with Crippen molar-refractivity contribution in [3.63, 3.8) is 0 Å². The molecule has 0 nitrogen and oxygen atoms in total. The highest BCUT2D eigenvalue weighted by Gasteiger charge is 2.61. The predicted molar refractivity (Wildman–Crippen MR) is 113 cm³/mol. The summed E-state index contributed by atoms with van der Waals surface area (Å²) in [7, 11) is 0. The first kappa shape index (κ1) is 16.2. The molecule has 130 valence electrons. The second-order valence-electron chi connectivity index (χ2n) is 7.94. The minimum atomic E-state index is -0.0212. The number of hydrogen-bond acceptors (Lipinski definition) is 0. The summed E-state index contributed by atoms with van der Waals surface area (Å²) < 4.78 is 0. The summed E-state index contributed by atoms with van der Waals surface area (Å²) in [6.45, 7) is 2.45. The molecule has 0 heterocycles. The zero-order valence-corrected chi connectivity index (χ0v) is 15.6. The third-order valence-corrected chi connectivity index (χ3v) is 6.82. The van der Waals surface area contributed by atoms with Crippen LogP contribution in [-0.4, -0.2) is 0 Å². The number of benzene rings is 2. The van der Waals surface area contributed by atoms with E-state index in [2.05, 4.69) is 85.7 Å². The molecular formula is C27H22. The Labute approximate surface area is 161 Å². The highest BCUT2D eigenvalue weighted by Crippen LogP contribution is 2.69. The monoisotopic (exact) mass is 346 g/mol. The molecule has 1 fully saturated rings. The predicted octanol–water partition coefficient (Wildman–Crippen LogP) is 6.37. The molecular weight excluding hydrogens is 324 g/mol. The molecule has 0 radical (unpaired) electrons. The van der Waals surface area contributed by atoms with E-state index in [0.717, 1.165) is 12.8 Å². The number of fused-ring (bicyclic) bond motifs is 7. The van der Waals surface area contributed by atoms with Crippen molar-refractivity contribution in [1.29, 1.82) is 0 Å². The van der Waals surface area contributed by atoms with Crippen LogP contribution in [-0.2, 0) is 5.41 Å². The Morgan fingerprint density at radius 3 is 2.33 bits per heavy atom. The normalized spacial score (nSPS) is 25.3. The first-order valence-corrected chi connectivity index (χ1v) is 9.61. The van der Waals surface area contributed by atoms with Crippen LogP contribution in [0.15, 0.2) is 96.1 Å². The van der Waals surface area contributed by atoms with Crippen LogP contribution in [0.25, 0.3) is 11.1 Å². The molecule has 1 atom stereocenters. The maximum absolute atomic E-state index is 5.42. The van der Waals surface area contributed by atoms with Gasteiger partial charge in [0.05, 0.1) is 0 Å². The van der Waals surface area contributed by atoms with E-state index in [0.29, 0.717) is 0 Å². The zero-order chi connectivity index (χ0) is 18.5. The van der Waals surface area contributed by atoms with Crippen molar-refractivity contribution in [2.45, 2.75) is 25.2 Å². The Hall–Kier alpha value is -3.04. The van der Waals surface area contributed by atoms with Crippen molar-refractivity contribution < 1.29 is 0 Å².